The van der Waals surface area contributed by atoms with Gasteiger partial charge < -0.3 is 24.3 Å². The number of hydrogen-bond acceptors (Lipinski definition) is 9. The highest BCUT2D eigenvalue weighted by molar-refractivity contribution is 5.87. The standard InChI is InChI=1S/C26H24F2N8O2/c1-15-9-16(3-6-21(15)38-17-4-5-20-18(10-17)32-14-35(20)2)33-25-23-19(30-13-31-25)11-29-26(34-23)36-7-8-37-22(12-36)24(27)28/h3-6,9-11,13-14,22,24H,7-8,12H2,1-2H3,(H,30,31,33). The second-order valence-corrected chi connectivity index (χ2v) is 9.03. The van der Waals surface area contributed by atoms with Gasteiger partial charge in [-0.15, -0.1) is 0 Å². The number of aryl methyl sites for hydroxylation is 2. The Morgan fingerprint density at radius 3 is 2.82 bits per heavy atom. The quantitative estimate of drug-likeness (QED) is 0.345. The normalized spacial score (nSPS) is 15.9. The maximum Gasteiger partial charge on any atom is 0.266 e. The van der Waals surface area contributed by atoms with Crippen LogP contribution in [0.1, 0.15) is 5.56 Å². The third-order valence-corrected chi connectivity index (χ3v) is 6.38. The second-order valence-electron chi connectivity index (χ2n) is 9.03. The van der Waals surface area contributed by atoms with Crippen LogP contribution in [0.5, 0.6) is 11.5 Å². The minimum atomic E-state index is -2.58. The van der Waals surface area contributed by atoms with Crippen LogP contribution in [0.15, 0.2) is 55.2 Å². The number of rotatable bonds is 6. The molecule has 3 aromatic heterocycles. The number of fused-ring (bicyclic) bond motifs is 2. The van der Waals surface area contributed by atoms with Crippen molar-refractivity contribution in [1.29, 1.82) is 0 Å². The zero-order chi connectivity index (χ0) is 26.2. The third kappa shape index (κ3) is 4.65. The molecule has 12 heteroatoms. The predicted octanol–water partition coefficient (Wildman–Crippen LogP) is 4.62. The average Bonchev–Trinajstić information content (AvgIpc) is 3.30. The summed E-state index contributed by atoms with van der Waals surface area (Å²) in [5.74, 6) is 2.22. The van der Waals surface area contributed by atoms with Crippen LogP contribution in [0, 0.1) is 6.92 Å². The number of nitrogens with one attached hydrogen (secondary N) is 1. The van der Waals surface area contributed by atoms with E-state index < -0.39 is 12.5 Å². The Kier molecular flexibility index (Phi) is 6.16. The Balaban J connectivity index is 1.23. The maximum atomic E-state index is 13.2. The summed E-state index contributed by atoms with van der Waals surface area (Å²) in [6, 6.07) is 11.5. The first-order valence-corrected chi connectivity index (χ1v) is 12.0. The van der Waals surface area contributed by atoms with E-state index in [0.29, 0.717) is 40.8 Å². The van der Waals surface area contributed by atoms with Crippen molar-refractivity contribution >= 4 is 39.5 Å². The molecule has 194 valence electrons. The number of benzene rings is 2. The molecule has 0 spiro atoms. The molecule has 1 unspecified atom stereocenters. The van der Waals surface area contributed by atoms with Crippen molar-refractivity contribution in [3.8, 4) is 11.5 Å². The fourth-order valence-electron chi connectivity index (χ4n) is 4.38. The van der Waals surface area contributed by atoms with Gasteiger partial charge >= 0.3 is 0 Å². The van der Waals surface area contributed by atoms with Gasteiger partial charge in [0, 0.05) is 25.3 Å². The van der Waals surface area contributed by atoms with Crippen LogP contribution in [-0.4, -0.2) is 61.7 Å². The minimum absolute atomic E-state index is 0.00749. The zero-order valence-electron chi connectivity index (χ0n) is 20.7. The highest BCUT2D eigenvalue weighted by Crippen LogP contribution is 2.31. The first-order valence-electron chi connectivity index (χ1n) is 12.0. The van der Waals surface area contributed by atoms with E-state index in [4.69, 9.17) is 9.47 Å². The molecular weight excluding hydrogens is 494 g/mol. The van der Waals surface area contributed by atoms with E-state index in [1.807, 2.05) is 54.9 Å². The van der Waals surface area contributed by atoms with Gasteiger partial charge in [-0.3, -0.25) is 0 Å². The van der Waals surface area contributed by atoms with Crippen LogP contribution in [0.2, 0.25) is 0 Å². The number of aromatic nitrogens is 6. The molecule has 0 radical (unpaired) electrons. The van der Waals surface area contributed by atoms with Gasteiger partial charge in [0.2, 0.25) is 5.95 Å². The number of ether oxygens (including phenoxy) is 2. The third-order valence-electron chi connectivity index (χ3n) is 6.38. The molecule has 1 fully saturated rings. The van der Waals surface area contributed by atoms with Crippen LogP contribution in [0.4, 0.5) is 26.2 Å². The van der Waals surface area contributed by atoms with Crippen molar-refractivity contribution in [2.45, 2.75) is 19.5 Å². The van der Waals surface area contributed by atoms with Gasteiger partial charge in [-0.2, -0.15) is 0 Å². The maximum absolute atomic E-state index is 13.2. The number of morpholine rings is 1. The van der Waals surface area contributed by atoms with Crippen LogP contribution >= 0.6 is 0 Å². The first-order chi connectivity index (χ1) is 18.4. The van der Waals surface area contributed by atoms with E-state index in [1.165, 1.54) is 6.33 Å². The smallest absolute Gasteiger partial charge is 0.266 e. The highest BCUT2D eigenvalue weighted by Gasteiger charge is 2.29. The average molecular weight is 519 g/mol. The lowest BCUT2D eigenvalue weighted by molar-refractivity contribution is -0.0617. The molecule has 2 aromatic carbocycles. The molecule has 1 atom stereocenters. The number of hydrogen-bond donors (Lipinski definition) is 1. The first kappa shape index (κ1) is 23.9. The zero-order valence-corrected chi connectivity index (χ0v) is 20.7. The van der Waals surface area contributed by atoms with E-state index in [0.717, 1.165) is 22.3 Å². The Hall–Kier alpha value is -4.45. The lowest BCUT2D eigenvalue weighted by Gasteiger charge is -2.32. The molecular formula is C26H24F2N8O2. The van der Waals surface area contributed by atoms with Crippen molar-refractivity contribution in [1.82, 2.24) is 29.5 Å². The molecule has 5 aromatic rings. The lowest BCUT2D eigenvalue weighted by atomic mass is 10.2. The summed E-state index contributed by atoms with van der Waals surface area (Å²) in [5.41, 5.74) is 4.60. The van der Waals surface area contributed by atoms with E-state index in [2.05, 4.69) is 30.2 Å². The van der Waals surface area contributed by atoms with Crippen molar-refractivity contribution < 1.29 is 18.3 Å². The topological polar surface area (TPSA) is 103 Å². The molecule has 1 saturated heterocycles. The molecule has 0 saturated carbocycles. The largest absolute Gasteiger partial charge is 0.457 e. The van der Waals surface area contributed by atoms with Crippen molar-refractivity contribution in [3.05, 3.63) is 60.8 Å². The molecule has 0 bridgehead atoms. The van der Waals surface area contributed by atoms with E-state index in [1.54, 1.807) is 17.4 Å². The highest BCUT2D eigenvalue weighted by atomic mass is 19.3. The minimum Gasteiger partial charge on any atom is -0.457 e. The Morgan fingerprint density at radius 2 is 1.97 bits per heavy atom. The summed E-state index contributed by atoms with van der Waals surface area (Å²) in [7, 11) is 1.95. The van der Waals surface area contributed by atoms with E-state index in [9.17, 15) is 8.78 Å². The Morgan fingerprint density at radius 1 is 1.08 bits per heavy atom. The molecule has 6 rings (SSSR count). The van der Waals surface area contributed by atoms with Crippen LogP contribution in [0.25, 0.3) is 22.1 Å². The van der Waals surface area contributed by atoms with E-state index in [-0.39, 0.29) is 13.2 Å². The Bertz CT molecular complexity index is 1630. The Labute approximate surface area is 216 Å². The van der Waals surface area contributed by atoms with Gasteiger partial charge in [-0.25, -0.2) is 33.7 Å². The van der Waals surface area contributed by atoms with Crippen molar-refractivity contribution in [3.63, 3.8) is 0 Å². The van der Waals surface area contributed by atoms with Crippen LogP contribution in [0.3, 0.4) is 0 Å². The SMILES string of the molecule is Cc1cc(Nc2ncnc3cnc(N4CCOC(C(F)F)C4)nc23)ccc1Oc1ccc2c(c1)ncn2C. The van der Waals surface area contributed by atoms with Gasteiger partial charge in [-0.05, 0) is 42.8 Å². The van der Waals surface area contributed by atoms with Crippen molar-refractivity contribution in [2.24, 2.45) is 7.05 Å². The second kappa shape index (κ2) is 9.78. The number of anilines is 3. The number of imidazole rings is 1. The molecule has 1 aliphatic rings. The lowest BCUT2D eigenvalue weighted by Crippen LogP contribution is -2.46. The summed E-state index contributed by atoms with van der Waals surface area (Å²) >= 11 is 0. The molecule has 10 nitrogen and oxygen atoms in total. The van der Waals surface area contributed by atoms with Crippen molar-refractivity contribution in [2.75, 3.05) is 29.9 Å². The molecule has 0 amide bonds. The van der Waals surface area contributed by atoms with Crippen LogP contribution < -0.4 is 15.0 Å². The van der Waals surface area contributed by atoms with Gasteiger partial charge in [0.25, 0.3) is 6.43 Å². The number of alkyl halides is 2. The van der Waals surface area contributed by atoms with Gasteiger partial charge in [0.05, 0.1) is 36.7 Å². The summed E-state index contributed by atoms with van der Waals surface area (Å²) in [5, 5.41) is 3.29. The van der Waals surface area contributed by atoms with Gasteiger partial charge in [0.15, 0.2) is 5.82 Å². The molecule has 38 heavy (non-hydrogen) atoms. The summed E-state index contributed by atoms with van der Waals surface area (Å²) in [6.07, 6.45) is 1.01. The predicted molar refractivity (Wildman–Crippen MR) is 138 cm³/mol. The molecule has 1 aliphatic heterocycles. The summed E-state index contributed by atoms with van der Waals surface area (Å²) < 4.78 is 39.6. The fraction of sp³-hybridized carbons (Fsp3) is 0.269. The van der Waals surface area contributed by atoms with E-state index >= 15 is 0 Å². The summed E-state index contributed by atoms with van der Waals surface area (Å²) in [6.45, 7) is 2.55. The number of halogens is 2. The summed E-state index contributed by atoms with van der Waals surface area (Å²) in [4.78, 5) is 23.6. The molecule has 0 aliphatic carbocycles. The van der Waals surface area contributed by atoms with Crippen LogP contribution in [-0.2, 0) is 11.8 Å². The fourth-order valence-corrected chi connectivity index (χ4v) is 4.38. The molecule has 1 N–H and O–H groups in total. The van der Waals surface area contributed by atoms with Gasteiger partial charge in [0.1, 0.15) is 35.0 Å². The van der Waals surface area contributed by atoms with Gasteiger partial charge in [-0.1, -0.05) is 0 Å². The number of nitrogens with zero attached hydrogens (tertiary/aromatic N) is 7. The monoisotopic (exact) mass is 518 g/mol. The molecule has 4 heterocycles.